The smallest absolute Gasteiger partial charge is 0.319 e. The quantitative estimate of drug-likeness (QED) is 0.799. The summed E-state index contributed by atoms with van der Waals surface area (Å²) in [7, 11) is 0. The number of halogens is 1. The highest BCUT2D eigenvalue weighted by atomic mass is 79.9. The molecule has 1 saturated carbocycles. The van der Waals surface area contributed by atoms with Crippen LogP contribution in [0.25, 0.3) is 0 Å². The number of hydrogen-bond acceptors (Lipinski definition) is 2. The zero-order valence-electron chi connectivity index (χ0n) is 10.2. The Balaban J connectivity index is 1.82. The van der Waals surface area contributed by atoms with E-state index in [9.17, 15) is 9.59 Å². The van der Waals surface area contributed by atoms with Gasteiger partial charge in [0.2, 0.25) is 0 Å². The number of benzene rings is 1. The van der Waals surface area contributed by atoms with Gasteiger partial charge in [-0.1, -0.05) is 15.9 Å². The van der Waals surface area contributed by atoms with Gasteiger partial charge in [-0.3, -0.25) is 4.79 Å². The Morgan fingerprint density at radius 1 is 1.21 bits per heavy atom. The van der Waals surface area contributed by atoms with Crippen molar-refractivity contribution in [1.29, 1.82) is 0 Å². The van der Waals surface area contributed by atoms with Crippen molar-refractivity contribution in [2.75, 3.05) is 5.32 Å². The third-order valence-corrected chi connectivity index (χ3v) is 3.75. The highest BCUT2D eigenvalue weighted by molar-refractivity contribution is 9.10. The summed E-state index contributed by atoms with van der Waals surface area (Å²) in [6.07, 6.45) is 1.84. The van der Waals surface area contributed by atoms with Crippen molar-refractivity contribution >= 4 is 33.6 Å². The van der Waals surface area contributed by atoms with Crippen LogP contribution in [-0.2, 0) is 4.79 Å². The molecule has 1 fully saturated rings. The maximum atomic E-state index is 11.7. The largest absolute Gasteiger partial charge is 0.481 e. The van der Waals surface area contributed by atoms with Gasteiger partial charge in [0.25, 0.3) is 0 Å². The average Bonchev–Trinajstić information content (AvgIpc) is 2.80. The van der Waals surface area contributed by atoms with Gasteiger partial charge in [0, 0.05) is 16.2 Å². The van der Waals surface area contributed by atoms with E-state index in [0.29, 0.717) is 24.9 Å². The molecule has 1 aromatic rings. The lowest BCUT2D eigenvalue weighted by molar-refractivity contribution is -0.141. The molecule has 19 heavy (non-hydrogen) atoms. The van der Waals surface area contributed by atoms with Crippen LogP contribution < -0.4 is 10.6 Å². The molecule has 2 amide bonds. The normalized spacial score (nSPS) is 21.9. The molecule has 1 aromatic carbocycles. The minimum atomic E-state index is -0.780. The SMILES string of the molecule is O=C(Nc1ccc(Br)cc1)NC1CCC(C(=O)O)C1. The number of anilines is 1. The third-order valence-electron chi connectivity index (χ3n) is 3.22. The minimum Gasteiger partial charge on any atom is -0.481 e. The maximum absolute atomic E-state index is 11.7. The maximum Gasteiger partial charge on any atom is 0.319 e. The van der Waals surface area contributed by atoms with Crippen LogP contribution in [0.2, 0.25) is 0 Å². The predicted octanol–water partition coefficient (Wildman–Crippen LogP) is 2.82. The van der Waals surface area contributed by atoms with E-state index in [0.717, 1.165) is 4.47 Å². The summed E-state index contributed by atoms with van der Waals surface area (Å²) in [4.78, 5) is 22.6. The lowest BCUT2D eigenvalue weighted by Gasteiger charge is -2.13. The van der Waals surface area contributed by atoms with Crippen molar-refractivity contribution in [3.63, 3.8) is 0 Å². The second-order valence-corrected chi connectivity index (χ2v) is 5.57. The number of nitrogens with one attached hydrogen (secondary N) is 2. The Morgan fingerprint density at radius 3 is 2.47 bits per heavy atom. The standard InChI is InChI=1S/C13H15BrN2O3/c14-9-2-5-10(6-3-9)15-13(19)16-11-4-1-8(7-11)12(17)18/h2-3,5-6,8,11H,1,4,7H2,(H,17,18)(H2,15,16,19). The second-order valence-electron chi connectivity index (χ2n) is 4.65. The molecule has 0 heterocycles. The summed E-state index contributed by atoms with van der Waals surface area (Å²) in [5.41, 5.74) is 0.702. The van der Waals surface area contributed by atoms with Crippen molar-refractivity contribution in [1.82, 2.24) is 5.32 Å². The molecule has 102 valence electrons. The molecule has 1 aliphatic carbocycles. The molecular formula is C13H15BrN2O3. The van der Waals surface area contributed by atoms with Crippen molar-refractivity contribution in [3.05, 3.63) is 28.7 Å². The molecule has 0 saturated heterocycles. The fraction of sp³-hybridized carbons (Fsp3) is 0.385. The van der Waals surface area contributed by atoms with Gasteiger partial charge in [0.05, 0.1) is 5.92 Å². The van der Waals surface area contributed by atoms with Gasteiger partial charge in [-0.05, 0) is 43.5 Å². The van der Waals surface area contributed by atoms with Crippen LogP contribution in [0.4, 0.5) is 10.5 Å². The number of rotatable bonds is 3. The Morgan fingerprint density at radius 2 is 1.89 bits per heavy atom. The van der Waals surface area contributed by atoms with Gasteiger partial charge in [0.15, 0.2) is 0 Å². The summed E-state index contributed by atoms with van der Waals surface area (Å²) in [5, 5.41) is 14.4. The third kappa shape index (κ3) is 3.96. The highest BCUT2D eigenvalue weighted by Crippen LogP contribution is 2.25. The van der Waals surface area contributed by atoms with Crippen LogP contribution in [0.1, 0.15) is 19.3 Å². The van der Waals surface area contributed by atoms with Gasteiger partial charge < -0.3 is 15.7 Å². The number of urea groups is 1. The molecule has 2 rings (SSSR count). The first-order valence-corrected chi connectivity index (χ1v) is 6.90. The van der Waals surface area contributed by atoms with Gasteiger partial charge in [0.1, 0.15) is 0 Å². The average molecular weight is 327 g/mol. The van der Waals surface area contributed by atoms with E-state index in [2.05, 4.69) is 26.6 Å². The number of hydrogen-bond donors (Lipinski definition) is 3. The second kappa shape index (κ2) is 6.06. The molecule has 0 spiro atoms. The molecule has 2 atom stereocenters. The summed E-state index contributed by atoms with van der Waals surface area (Å²) in [6.45, 7) is 0. The van der Waals surface area contributed by atoms with Gasteiger partial charge in [-0.25, -0.2) is 4.79 Å². The van der Waals surface area contributed by atoms with E-state index in [-0.39, 0.29) is 18.0 Å². The van der Waals surface area contributed by atoms with E-state index in [1.165, 1.54) is 0 Å². The van der Waals surface area contributed by atoms with E-state index in [4.69, 9.17) is 5.11 Å². The predicted molar refractivity (Wildman–Crippen MR) is 75.1 cm³/mol. The summed E-state index contributed by atoms with van der Waals surface area (Å²) in [6, 6.07) is 6.91. The summed E-state index contributed by atoms with van der Waals surface area (Å²) < 4.78 is 0.943. The van der Waals surface area contributed by atoms with Crippen LogP contribution >= 0.6 is 15.9 Å². The van der Waals surface area contributed by atoms with Crippen LogP contribution in [0.15, 0.2) is 28.7 Å². The fourth-order valence-corrected chi connectivity index (χ4v) is 2.49. The summed E-state index contributed by atoms with van der Waals surface area (Å²) >= 11 is 3.32. The minimum absolute atomic E-state index is 0.0588. The van der Waals surface area contributed by atoms with E-state index in [1.807, 2.05) is 12.1 Å². The lowest BCUT2D eigenvalue weighted by Crippen LogP contribution is -2.36. The molecule has 0 bridgehead atoms. The Bertz CT molecular complexity index is 475. The number of carbonyl (C=O) groups excluding carboxylic acids is 1. The number of amides is 2. The molecule has 3 N–H and O–H groups in total. The molecule has 0 aromatic heterocycles. The fourth-order valence-electron chi connectivity index (χ4n) is 2.22. The number of carbonyl (C=O) groups is 2. The molecule has 5 nitrogen and oxygen atoms in total. The first-order valence-electron chi connectivity index (χ1n) is 6.10. The topological polar surface area (TPSA) is 78.4 Å². The summed E-state index contributed by atoms with van der Waals surface area (Å²) in [5.74, 6) is -1.12. The molecule has 6 heteroatoms. The first-order chi connectivity index (χ1) is 9.04. The Labute approximate surface area is 119 Å². The van der Waals surface area contributed by atoms with E-state index in [1.54, 1.807) is 12.1 Å². The Kier molecular flexibility index (Phi) is 4.42. The van der Waals surface area contributed by atoms with Crippen molar-refractivity contribution in [3.8, 4) is 0 Å². The molecule has 0 aliphatic heterocycles. The Hall–Kier alpha value is -1.56. The lowest BCUT2D eigenvalue weighted by atomic mass is 10.1. The molecule has 2 unspecified atom stereocenters. The molecular weight excluding hydrogens is 312 g/mol. The van der Waals surface area contributed by atoms with Crippen molar-refractivity contribution < 1.29 is 14.7 Å². The molecule has 1 aliphatic rings. The number of carboxylic acid groups (broad SMARTS) is 1. The van der Waals surface area contributed by atoms with Crippen LogP contribution in [-0.4, -0.2) is 23.1 Å². The number of carboxylic acids is 1. The zero-order valence-corrected chi connectivity index (χ0v) is 11.8. The van der Waals surface area contributed by atoms with E-state index < -0.39 is 5.97 Å². The molecule has 0 radical (unpaired) electrons. The van der Waals surface area contributed by atoms with Crippen LogP contribution in [0.5, 0.6) is 0 Å². The number of aliphatic carboxylic acids is 1. The van der Waals surface area contributed by atoms with Gasteiger partial charge in [-0.2, -0.15) is 0 Å². The van der Waals surface area contributed by atoms with Gasteiger partial charge >= 0.3 is 12.0 Å². The van der Waals surface area contributed by atoms with E-state index >= 15 is 0 Å². The van der Waals surface area contributed by atoms with Crippen molar-refractivity contribution in [2.24, 2.45) is 5.92 Å². The van der Waals surface area contributed by atoms with Gasteiger partial charge in [-0.15, -0.1) is 0 Å². The monoisotopic (exact) mass is 326 g/mol. The first kappa shape index (κ1) is 13.9. The van der Waals surface area contributed by atoms with Crippen LogP contribution in [0.3, 0.4) is 0 Å². The zero-order chi connectivity index (χ0) is 13.8. The highest BCUT2D eigenvalue weighted by Gasteiger charge is 2.30. The van der Waals surface area contributed by atoms with Crippen LogP contribution in [0, 0.1) is 5.92 Å². The van der Waals surface area contributed by atoms with Crippen molar-refractivity contribution in [2.45, 2.75) is 25.3 Å².